The lowest BCUT2D eigenvalue weighted by Crippen LogP contribution is -2.47. The molecule has 0 amide bonds. The van der Waals surface area contributed by atoms with E-state index in [1.54, 1.807) is 0 Å². The first-order chi connectivity index (χ1) is 7.58. The molecular formula is C12H25NO3. The molecule has 0 aromatic heterocycles. The molecule has 0 heterocycles. The van der Waals surface area contributed by atoms with Gasteiger partial charge in [-0.25, -0.2) is 0 Å². The number of rotatable bonds is 8. The maximum atomic E-state index is 11.8. The van der Waals surface area contributed by atoms with Gasteiger partial charge in [-0.1, -0.05) is 13.3 Å². The summed E-state index contributed by atoms with van der Waals surface area (Å²) >= 11 is 0. The molecule has 4 heteroatoms. The Morgan fingerprint density at radius 2 is 2.00 bits per heavy atom. The molecule has 0 spiro atoms. The fraction of sp³-hybridized carbons (Fsp3) is 0.917. The van der Waals surface area contributed by atoms with Gasteiger partial charge in [-0.3, -0.25) is 9.69 Å². The molecule has 4 nitrogen and oxygen atoms in total. The summed E-state index contributed by atoms with van der Waals surface area (Å²) < 4.78 is 5.07. The summed E-state index contributed by atoms with van der Waals surface area (Å²) in [6.07, 6.45) is 1.70. The molecule has 0 aliphatic carbocycles. The minimum atomic E-state index is -0.225. The third kappa shape index (κ3) is 4.94. The summed E-state index contributed by atoms with van der Waals surface area (Å²) in [7, 11) is 0. The summed E-state index contributed by atoms with van der Waals surface area (Å²) in [5.41, 5.74) is 0. The van der Waals surface area contributed by atoms with Gasteiger partial charge in [0, 0.05) is 12.6 Å². The Hall–Kier alpha value is -0.610. The lowest BCUT2D eigenvalue weighted by Gasteiger charge is -2.32. The molecule has 0 rings (SSSR count). The van der Waals surface area contributed by atoms with Crippen LogP contribution in [-0.4, -0.2) is 47.8 Å². The van der Waals surface area contributed by atoms with E-state index in [2.05, 4.69) is 0 Å². The molecule has 1 atom stereocenters. The number of hydrogen-bond acceptors (Lipinski definition) is 4. The van der Waals surface area contributed by atoms with Crippen molar-refractivity contribution in [2.75, 3.05) is 19.8 Å². The molecule has 0 saturated heterocycles. The highest BCUT2D eigenvalue weighted by Crippen LogP contribution is 2.12. The van der Waals surface area contributed by atoms with Crippen LogP contribution >= 0.6 is 0 Å². The van der Waals surface area contributed by atoms with Crippen LogP contribution in [0.5, 0.6) is 0 Å². The van der Waals surface area contributed by atoms with E-state index < -0.39 is 0 Å². The molecule has 0 radical (unpaired) electrons. The molecule has 0 aromatic rings. The largest absolute Gasteiger partial charge is 0.465 e. The van der Waals surface area contributed by atoms with Crippen LogP contribution in [0.1, 0.15) is 40.5 Å². The third-order valence-corrected chi connectivity index (χ3v) is 2.54. The van der Waals surface area contributed by atoms with Crippen molar-refractivity contribution in [3.05, 3.63) is 0 Å². The lowest BCUT2D eigenvalue weighted by molar-refractivity contribution is -0.151. The maximum Gasteiger partial charge on any atom is 0.323 e. The van der Waals surface area contributed by atoms with Gasteiger partial charge < -0.3 is 9.84 Å². The predicted octanol–water partition coefficient (Wildman–Crippen LogP) is 1.42. The molecule has 0 aliphatic rings. The van der Waals surface area contributed by atoms with Gasteiger partial charge >= 0.3 is 5.97 Å². The average Bonchev–Trinajstić information content (AvgIpc) is 2.23. The Labute approximate surface area is 98.6 Å². The number of ether oxygens (including phenoxy) is 1. The summed E-state index contributed by atoms with van der Waals surface area (Å²) in [6.45, 7) is 8.90. The van der Waals surface area contributed by atoms with E-state index >= 15 is 0 Å². The van der Waals surface area contributed by atoms with Crippen molar-refractivity contribution in [3.8, 4) is 0 Å². The lowest BCUT2D eigenvalue weighted by atomic mass is 10.1. The molecule has 1 N–H and O–H groups in total. The van der Waals surface area contributed by atoms with Crippen LogP contribution in [0.4, 0.5) is 0 Å². The fourth-order valence-corrected chi connectivity index (χ4v) is 1.82. The van der Waals surface area contributed by atoms with Gasteiger partial charge in [-0.15, -0.1) is 0 Å². The van der Waals surface area contributed by atoms with Crippen molar-refractivity contribution in [2.45, 2.75) is 52.6 Å². The molecule has 0 aromatic carbocycles. The summed E-state index contributed by atoms with van der Waals surface area (Å²) in [5.74, 6) is -0.175. The number of carbonyl (C=O) groups excluding carboxylic acids is 1. The van der Waals surface area contributed by atoms with Crippen LogP contribution in [0.25, 0.3) is 0 Å². The maximum absolute atomic E-state index is 11.8. The van der Waals surface area contributed by atoms with Gasteiger partial charge in [0.25, 0.3) is 0 Å². The second-order valence-electron chi connectivity index (χ2n) is 4.11. The first-order valence-electron chi connectivity index (χ1n) is 6.11. The highest BCUT2D eigenvalue weighted by Gasteiger charge is 2.27. The Bertz CT molecular complexity index is 195. The van der Waals surface area contributed by atoms with Crippen LogP contribution in [0.15, 0.2) is 0 Å². The molecule has 16 heavy (non-hydrogen) atoms. The summed E-state index contributed by atoms with van der Waals surface area (Å²) in [6, 6.07) is 0.00482. The SMILES string of the molecule is CCCC(C(=O)OCC)N(CCO)C(C)C. The second-order valence-corrected chi connectivity index (χ2v) is 4.11. The number of carbonyl (C=O) groups is 1. The second kappa shape index (κ2) is 8.53. The number of esters is 1. The fourth-order valence-electron chi connectivity index (χ4n) is 1.82. The van der Waals surface area contributed by atoms with Crippen LogP contribution in [-0.2, 0) is 9.53 Å². The van der Waals surface area contributed by atoms with Crippen LogP contribution < -0.4 is 0 Å². The van der Waals surface area contributed by atoms with Gasteiger partial charge in [-0.2, -0.15) is 0 Å². The highest BCUT2D eigenvalue weighted by molar-refractivity contribution is 5.75. The van der Waals surface area contributed by atoms with Crippen molar-refractivity contribution in [3.63, 3.8) is 0 Å². The Morgan fingerprint density at radius 3 is 2.38 bits per heavy atom. The Balaban J connectivity index is 4.61. The molecule has 1 unspecified atom stereocenters. The molecule has 0 fully saturated rings. The van der Waals surface area contributed by atoms with Crippen molar-refractivity contribution in [2.24, 2.45) is 0 Å². The van der Waals surface area contributed by atoms with Gasteiger partial charge in [0.1, 0.15) is 6.04 Å². The van der Waals surface area contributed by atoms with E-state index in [9.17, 15) is 4.79 Å². The van der Waals surface area contributed by atoms with Crippen LogP contribution in [0, 0.1) is 0 Å². The summed E-state index contributed by atoms with van der Waals surface area (Å²) in [5, 5.41) is 9.02. The topological polar surface area (TPSA) is 49.8 Å². The zero-order valence-electron chi connectivity index (χ0n) is 10.9. The zero-order valence-corrected chi connectivity index (χ0v) is 10.9. The molecule has 0 aliphatic heterocycles. The van der Waals surface area contributed by atoms with E-state index in [-0.39, 0.29) is 24.7 Å². The predicted molar refractivity (Wildman–Crippen MR) is 64.3 cm³/mol. The van der Waals surface area contributed by atoms with Gasteiger partial charge in [0.2, 0.25) is 0 Å². The molecule has 0 bridgehead atoms. The van der Waals surface area contributed by atoms with Crippen molar-refractivity contribution >= 4 is 5.97 Å². The van der Waals surface area contributed by atoms with E-state index in [1.165, 1.54) is 0 Å². The van der Waals surface area contributed by atoms with Crippen molar-refractivity contribution in [1.29, 1.82) is 0 Å². The smallest absolute Gasteiger partial charge is 0.323 e. The first kappa shape index (κ1) is 15.4. The minimum Gasteiger partial charge on any atom is -0.465 e. The first-order valence-corrected chi connectivity index (χ1v) is 6.11. The van der Waals surface area contributed by atoms with Gasteiger partial charge in [0.15, 0.2) is 0 Å². The standard InChI is InChI=1S/C12H25NO3/c1-5-7-11(12(15)16-6-2)13(8-9-14)10(3)4/h10-11,14H,5-9H2,1-4H3. The number of aliphatic hydroxyl groups excluding tert-OH is 1. The molecular weight excluding hydrogens is 206 g/mol. The van der Waals surface area contributed by atoms with Crippen LogP contribution in [0.3, 0.4) is 0 Å². The van der Waals surface area contributed by atoms with Gasteiger partial charge in [0.05, 0.1) is 13.2 Å². The third-order valence-electron chi connectivity index (χ3n) is 2.54. The average molecular weight is 231 g/mol. The Morgan fingerprint density at radius 1 is 1.38 bits per heavy atom. The zero-order chi connectivity index (χ0) is 12.6. The molecule has 96 valence electrons. The minimum absolute atomic E-state index is 0.0673. The normalized spacial score (nSPS) is 13.2. The van der Waals surface area contributed by atoms with Crippen molar-refractivity contribution in [1.82, 2.24) is 4.90 Å². The monoisotopic (exact) mass is 231 g/mol. The number of aliphatic hydroxyl groups is 1. The number of nitrogens with zero attached hydrogens (tertiary/aromatic N) is 1. The summed E-state index contributed by atoms with van der Waals surface area (Å²) in [4.78, 5) is 13.8. The van der Waals surface area contributed by atoms with E-state index in [4.69, 9.17) is 9.84 Å². The van der Waals surface area contributed by atoms with Crippen LogP contribution in [0.2, 0.25) is 0 Å². The highest BCUT2D eigenvalue weighted by atomic mass is 16.5. The van der Waals surface area contributed by atoms with Crippen molar-refractivity contribution < 1.29 is 14.6 Å². The van der Waals surface area contributed by atoms with E-state index in [0.717, 1.165) is 12.8 Å². The quantitative estimate of drug-likeness (QED) is 0.642. The van der Waals surface area contributed by atoms with E-state index in [0.29, 0.717) is 13.2 Å². The molecule has 0 saturated carbocycles. The number of hydrogen-bond donors (Lipinski definition) is 1. The van der Waals surface area contributed by atoms with Gasteiger partial charge in [-0.05, 0) is 27.2 Å². The Kier molecular flexibility index (Phi) is 8.21. The van der Waals surface area contributed by atoms with E-state index in [1.807, 2.05) is 32.6 Å².